The Morgan fingerprint density at radius 3 is 2.13 bits per heavy atom. The molecule has 3 heteroatoms. The van der Waals surface area contributed by atoms with Gasteiger partial charge in [-0.05, 0) is 29.8 Å². The summed E-state index contributed by atoms with van der Waals surface area (Å²) in [5, 5.41) is 0. The van der Waals surface area contributed by atoms with Crippen LogP contribution < -0.4 is 5.73 Å². The van der Waals surface area contributed by atoms with Gasteiger partial charge in [-0.1, -0.05) is 18.2 Å². The van der Waals surface area contributed by atoms with Crippen LogP contribution in [0, 0.1) is 11.6 Å². The summed E-state index contributed by atoms with van der Waals surface area (Å²) < 4.78 is 26.1. The van der Waals surface area contributed by atoms with Crippen molar-refractivity contribution >= 4 is 5.69 Å². The molecule has 0 fully saturated rings. The molecule has 0 amide bonds. The highest BCUT2D eigenvalue weighted by atomic mass is 19.1. The van der Waals surface area contributed by atoms with Gasteiger partial charge in [0.2, 0.25) is 0 Å². The molecule has 2 rings (SSSR count). The Balaban J connectivity index is 2.58. The molecule has 0 aliphatic heterocycles. The van der Waals surface area contributed by atoms with Crippen molar-refractivity contribution in [3.05, 3.63) is 54.1 Å². The van der Waals surface area contributed by atoms with Crippen LogP contribution in [0.2, 0.25) is 0 Å². The molecule has 0 unspecified atom stereocenters. The molecular formula is C12H9F2N. The first-order valence-electron chi connectivity index (χ1n) is 4.48. The Morgan fingerprint density at radius 2 is 1.53 bits per heavy atom. The number of hydrogen-bond acceptors (Lipinski definition) is 1. The normalized spacial score (nSPS) is 10.3. The van der Waals surface area contributed by atoms with Crippen molar-refractivity contribution in [1.29, 1.82) is 0 Å². The van der Waals surface area contributed by atoms with E-state index in [0.717, 1.165) is 0 Å². The molecule has 0 aliphatic carbocycles. The molecule has 0 aromatic heterocycles. The van der Waals surface area contributed by atoms with Crippen LogP contribution in [0.5, 0.6) is 0 Å². The number of hydrogen-bond donors (Lipinski definition) is 1. The molecule has 76 valence electrons. The van der Waals surface area contributed by atoms with Crippen molar-refractivity contribution in [3.63, 3.8) is 0 Å². The first-order valence-corrected chi connectivity index (χ1v) is 4.48. The summed E-state index contributed by atoms with van der Waals surface area (Å²) in [7, 11) is 0. The highest BCUT2D eigenvalue weighted by molar-refractivity contribution is 5.76. The summed E-state index contributed by atoms with van der Waals surface area (Å²) in [4.78, 5) is 0. The Hall–Kier alpha value is -1.90. The van der Waals surface area contributed by atoms with Gasteiger partial charge in [0, 0.05) is 11.3 Å². The van der Waals surface area contributed by atoms with Gasteiger partial charge in [0.15, 0.2) is 0 Å². The summed E-state index contributed by atoms with van der Waals surface area (Å²) in [6.45, 7) is 0. The monoisotopic (exact) mass is 205 g/mol. The number of nitrogen functional groups attached to an aromatic ring is 1. The van der Waals surface area contributed by atoms with E-state index >= 15 is 0 Å². The van der Waals surface area contributed by atoms with Crippen molar-refractivity contribution in [2.75, 3.05) is 5.73 Å². The van der Waals surface area contributed by atoms with Crippen LogP contribution in [0.3, 0.4) is 0 Å². The Kier molecular flexibility index (Phi) is 2.37. The van der Waals surface area contributed by atoms with Gasteiger partial charge >= 0.3 is 0 Å². The second-order valence-electron chi connectivity index (χ2n) is 3.21. The third-order valence-electron chi connectivity index (χ3n) is 2.18. The van der Waals surface area contributed by atoms with Gasteiger partial charge < -0.3 is 5.73 Å². The summed E-state index contributed by atoms with van der Waals surface area (Å²) in [6, 6.07) is 10.0. The van der Waals surface area contributed by atoms with E-state index in [1.165, 1.54) is 36.4 Å². The zero-order chi connectivity index (χ0) is 10.8. The van der Waals surface area contributed by atoms with Gasteiger partial charge in [0.25, 0.3) is 0 Å². The SMILES string of the molecule is Nc1cccc(F)c1-c1ccc(F)cc1. The Morgan fingerprint density at radius 1 is 0.867 bits per heavy atom. The van der Waals surface area contributed by atoms with E-state index in [1.807, 2.05) is 0 Å². The van der Waals surface area contributed by atoms with Crippen LogP contribution in [-0.2, 0) is 0 Å². The molecule has 0 radical (unpaired) electrons. The lowest BCUT2D eigenvalue weighted by Crippen LogP contribution is -1.93. The number of benzene rings is 2. The minimum Gasteiger partial charge on any atom is -0.398 e. The molecule has 0 atom stereocenters. The maximum Gasteiger partial charge on any atom is 0.133 e. The van der Waals surface area contributed by atoms with E-state index < -0.39 is 5.82 Å². The van der Waals surface area contributed by atoms with E-state index in [0.29, 0.717) is 16.8 Å². The quantitative estimate of drug-likeness (QED) is 0.711. The third kappa shape index (κ3) is 1.81. The molecule has 0 saturated carbocycles. The number of rotatable bonds is 1. The van der Waals surface area contributed by atoms with Gasteiger partial charge in [-0.15, -0.1) is 0 Å². The molecule has 15 heavy (non-hydrogen) atoms. The number of halogens is 2. The average Bonchev–Trinajstić information content (AvgIpc) is 2.20. The Bertz CT molecular complexity index is 457. The standard InChI is InChI=1S/C12H9F2N/c13-9-6-4-8(5-7-9)12-10(14)2-1-3-11(12)15/h1-7H,15H2. The molecule has 0 aliphatic rings. The molecule has 0 bridgehead atoms. The van der Waals surface area contributed by atoms with Gasteiger partial charge in [-0.2, -0.15) is 0 Å². The van der Waals surface area contributed by atoms with Gasteiger partial charge in [0.05, 0.1) is 0 Å². The number of anilines is 1. The van der Waals surface area contributed by atoms with E-state index in [1.54, 1.807) is 6.07 Å². The van der Waals surface area contributed by atoms with Crippen LogP contribution in [0.1, 0.15) is 0 Å². The molecule has 2 aromatic rings. The fourth-order valence-electron chi connectivity index (χ4n) is 1.46. The van der Waals surface area contributed by atoms with E-state index in [9.17, 15) is 8.78 Å². The van der Waals surface area contributed by atoms with E-state index in [-0.39, 0.29) is 5.82 Å². The number of nitrogens with two attached hydrogens (primary N) is 1. The highest BCUT2D eigenvalue weighted by Crippen LogP contribution is 2.28. The second-order valence-corrected chi connectivity index (χ2v) is 3.21. The molecule has 1 nitrogen and oxygen atoms in total. The van der Waals surface area contributed by atoms with Crippen LogP contribution in [-0.4, -0.2) is 0 Å². The lowest BCUT2D eigenvalue weighted by atomic mass is 10.0. The molecule has 0 spiro atoms. The van der Waals surface area contributed by atoms with Gasteiger partial charge in [-0.3, -0.25) is 0 Å². The predicted octanol–water partition coefficient (Wildman–Crippen LogP) is 3.21. The maximum atomic E-state index is 13.5. The predicted molar refractivity (Wildman–Crippen MR) is 56.2 cm³/mol. The summed E-state index contributed by atoms with van der Waals surface area (Å²) >= 11 is 0. The van der Waals surface area contributed by atoms with Crippen molar-refractivity contribution < 1.29 is 8.78 Å². The molecule has 0 saturated heterocycles. The summed E-state index contributed by atoms with van der Waals surface area (Å²) in [5.74, 6) is -0.754. The smallest absolute Gasteiger partial charge is 0.133 e. The average molecular weight is 205 g/mol. The lowest BCUT2D eigenvalue weighted by molar-refractivity contribution is 0.626. The summed E-state index contributed by atoms with van der Waals surface area (Å²) in [5.41, 5.74) is 6.90. The zero-order valence-electron chi connectivity index (χ0n) is 7.87. The van der Waals surface area contributed by atoms with Crippen LogP contribution in [0.4, 0.5) is 14.5 Å². The van der Waals surface area contributed by atoms with Gasteiger partial charge in [-0.25, -0.2) is 8.78 Å². The topological polar surface area (TPSA) is 26.0 Å². The summed E-state index contributed by atoms with van der Waals surface area (Å²) in [6.07, 6.45) is 0. The maximum absolute atomic E-state index is 13.5. The van der Waals surface area contributed by atoms with Crippen LogP contribution >= 0.6 is 0 Å². The van der Waals surface area contributed by atoms with Gasteiger partial charge in [0.1, 0.15) is 11.6 Å². The van der Waals surface area contributed by atoms with Crippen molar-refractivity contribution in [2.45, 2.75) is 0 Å². The van der Waals surface area contributed by atoms with E-state index in [2.05, 4.69) is 0 Å². The molecule has 2 aromatic carbocycles. The van der Waals surface area contributed by atoms with Crippen molar-refractivity contribution in [3.8, 4) is 11.1 Å². The largest absolute Gasteiger partial charge is 0.398 e. The van der Waals surface area contributed by atoms with Crippen molar-refractivity contribution in [2.24, 2.45) is 0 Å². The highest BCUT2D eigenvalue weighted by Gasteiger charge is 2.08. The fraction of sp³-hybridized carbons (Fsp3) is 0. The second kappa shape index (κ2) is 3.69. The molecular weight excluding hydrogens is 196 g/mol. The van der Waals surface area contributed by atoms with E-state index in [4.69, 9.17) is 5.73 Å². The van der Waals surface area contributed by atoms with Crippen molar-refractivity contribution in [1.82, 2.24) is 0 Å². The lowest BCUT2D eigenvalue weighted by Gasteiger charge is -2.06. The first kappa shape index (κ1) is 9.65. The fourth-order valence-corrected chi connectivity index (χ4v) is 1.46. The molecule has 0 heterocycles. The third-order valence-corrected chi connectivity index (χ3v) is 2.18. The first-order chi connectivity index (χ1) is 7.18. The zero-order valence-corrected chi connectivity index (χ0v) is 7.87. The van der Waals surface area contributed by atoms with Crippen LogP contribution in [0.15, 0.2) is 42.5 Å². The minimum atomic E-state index is -0.401. The molecule has 2 N–H and O–H groups in total. The Labute approximate surface area is 86.2 Å². The minimum absolute atomic E-state index is 0.317. The van der Waals surface area contributed by atoms with Crippen LogP contribution in [0.25, 0.3) is 11.1 Å².